The first-order valence-electron chi connectivity index (χ1n) is 4.13. The third-order valence-electron chi connectivity index (χ3n) is 1.97. The van der Waals surface area contributed by atoms with Crippen LogP contribution in [0.5, 0.6) is 0 Å². The van der Waals surface area contributed by atoms with Crippen LogP contribution in [-0.2, 0) is 0 Å². The van der Waals surface area contributed by atoms with Crippen molar-refractivity contribution in [1.82, 2.24) is 9.78 Å². The van der Waals surface area contributed by atoms with Crippen molar-refractivity contribution >= 4 is 5.69 Å². The highest BCUT2D eigenvalue weighted by Crippen LogP contribution is 2.15. The lowest BCUT2D eigenvalue weighted by atomic mass is 10.2. The molecule has 0 spiro atoms. The highest BCUT2D eigenvalue weighted by Gasteiger charge is 1.99. The molecule has 66 valence electrons. The van der Waals surface area contributed by atoms with E-state index in [1.54, 1.807) is 6.20 Å². The van der Waals surface area contributed by atoms with Gasteiger partial charge in [0.1, 0.15) is 0 Å². The normalized spacial score (nSPS) is 10.2. The molecule has 0 aliphatic rings. The van der Waals surface area contributed by atoms with Crippen LogP contribution in [0, 0.1) is 6.92 Å². The van der Waals surface area contributed by atoms with Crippen molar-refractivity contribution in [1.29, 1.82) is 0 Å². The summed E-state index contributed by atoms with van der Waals surface area (Å²) in [6.07, 6.45) is 3.67. The molecule has 0 bridgehead atoms. The van der Waals surface area contributed by atoms with E-state index in [1.807, 2.05) is 42.1 Å². The van der Waals surface area contributed by atoms with Crippen molar-refractivity contribution < 1.29 is 0 Å². The van der Waals surface area contributed by atoms with Gasteiger partial charge in [0.05, 0.1) is 5.69 Å². The van der Waals surface area contributed by atoms with E-state index in [1.165, 1.54) is 0 Å². The topological polar surface area (TPSA) is 43.8 Å². The van der Waals surface area contributed by atoms with Crippen LogP contribution in [0.3, 0.4) is 0 Å². The second-order valence-corrected chi connectivity index (χ2v) is 3.00. The predicted molar refractivity (Wildman–Crippen MR) is 52.7 cm³/mol. The maximum Gasteiger partial charge on any atom is 0.0676 e. The summed E-state index contributed by atoms with van der Waals surface area (Å²) >= 11 is 0. The maximum absolute atomic E-state index is 5.65. The van der Waals surface area contributed by atoms with E-state index in [9.17, 15) is 0 Å². The third-order valence-corrected chi connectivity index (χ3v) is 1.97. The third kappa shape index (κ3) is 1.40. The van der Waals surface area contributed by atoms with Gasteiger partial charge in [0.25, 0.3) is 0 Å². The Kier molecular flexibility index (Phi) is 1.77. The summed E-state index contributed by atoms with van der Waals surface area (Å²) in [7, 11) is 0. The molecule has 0 radical (unpaired) electrons. The Bertz CT molecular complexity index is 404. The molecule has 2 rings (SSSR count). The monoisotopic (exact) mass is 173 g/mol. The minimum absolute atomic E-state index is 0.786. The van der Waals surface area contributed by atoms with Crippen LogP contribution in [0.2, 0.25) is 0 Å². The van der Waals surface area contributed by atoms with Gasteiger partial charge in [0, 0.05) is 18.1 Å². The molecule has 0 saturated carbocycles. The molecule has 3 heteroatoms. The first kappa shape index (κ1) is 7.86. The number of aryl methyl sites for hydroxylation is 1. The van der Waals surface area contributed by atoms with Crippen LogP contribution in [0.1, 0.15) is 5.56 Å². The van der Waals surface area contributed by atoms with Gasteiger partial charge in [-0.25, -0.2) is 4.68 Å². The van der Waals surface area contributed by atoms with Crippen LogP contribution < -0.4 is 5.73 Å². The SMILES string of the molecule is Cc1cc(N)ccc1-n1cccn1. The van der Waals surface area contributed by atoms with Gasteiger partial charge in [-0.2, -0.15) is 5.10 Å². The summed E-state index contributed by atoms with van der Waals surface area (Å²) < 4.78 is 1.83. The van der Waals surface area contributed by atoms with Gasteiger partial charge in [-0.05, 0) is 36.8 Å². The highest BCUT2D eigenvalue weighted by molar-refractivity contribution is 5.50. The van der Waals surface area contributed by atoms with Gasteiger partial charge < -0.3 is 5.73 Å². The molecule has 0 aliphatic carbocycles. The molecule has 1 aromatic heterocycles. The molecule has 2 aromatic rings. The fraction of sp³-hybridized carbons (Fsp3) is 0.100. The molecule has 0 amide bonds. The molecule has 13 heavy (non-hydrogen) atoms. The quantitative estimate of drug-likeness (QED) is 0.668. The summed E-state index contributed by atoms with van der Waals surface area (Å²) in [6, 6.07) is 7.69. The zero-order chi connectivity index (χ0) is 9.26. The van der Waals surface area contributed by atoms with Crippen molar-refractivity contribution in [3.63, 3.8) is 0 Å². The lowest BCUT2D eigenvalue weighted by molar-refractivity contribution is 0.873. The zero-order valence-corrected chi connectivity index (χ0v) is 7.44. The van der Waals surface area contributed by atoms with E-state index in [4.69, 9.17) is 5.73 Å². The van der Waals surface area contributed by atoms with Crippen molar-refractivity contribution in [3.8, 4) is 5.69 Å². The summed E-state index contributed by atoms with van der Waals surface area (Å²) in [5.41, 5.74) is 8.63. The first-order valence-corrected chi connectivity index (χ1v) is 4.13. The lowest BCUT2D eigenvalue weighted by Gasteiger charge is -2.05. The Morgan fingerprint density at radius 3 is 2.85 bits per heavy atom. The van der Waals surface area contributed by atoms with Crippen molar-refractivity contribution in [2.45, 2.75) is 6.92 Å². The average Bonchev–Trinajstić information content (AvgIpc) is 2.56. The Hall–Kier alpha value is -1.77. The average molecular weight is 173 g/mol. The second-order valence-electron chi connectivity index (χ2n) is 3.00. The fourth-order valence-electron chi connectivity index (χ4n) is 1.35. The smallest absolute Gasteiger partial charge is 0.0676 e. The number of aromatic nitrogens is 2. The van der Waals surface area contributed by atoms with Gasteiger partial charge in [0.2, 0.25) is 0 Å². The van der Waals surface area contributed by atoms with E-state index in [0.29, 0.717) is 0 Å². The van der Waals surface area contributed by atoms with Crippen LogP contribution in [0.15, 0.2) is 36.7 Å². The molecule has 0 saturated heterocycles. The van der Waals surface area contributed by atoms with E-state index in [-0.39, 0.29) is 0 Å². The number of benzene rings is 1. The van der Waals surface area contributed by atoms with E-state index >= 15 is 0 Å². The molecular weight excluding hydrogens is 162 g/mol. The van der Waals surface area contributed by atoms with Crippen molar-refractivity contribution in [2.24, 2.45) is 0 Å². The second kappa shape index (κ2) is 2.94. The first-order chi connectivity index (χ1) is 6.27. The fourth-order valence-corrected chi connectivity index (χ4v) is 1.35. The van der Waals surface area contributed by atoms with Crippen LogP contribution >= 0.6 is 0 Å². The lowest BCUT2D eigenvalue weighted by Crippen LogP contribution is -1.98. The summed E-state index contributed by atoms with van der Waals surface area (Å²) in [4.78, 5) is 0. The molecule has 0 unspecified atom stereocenters. The van der Waals surface area contributed by atoms with E-state index in [2.05, 4.69) is 5.10 Å². The molecule has 3 nitrogen and oxygen atoms in total. The molecule has 0 fully saturated rings. The molecule has 2 N–H and O–H groups in total. The van der Waals surface area contributed by atoms with Crippen LogP contribution in [0.25, 0.3) is 5.69 Å². The van der Waals surface area contributed by atoms with Gasteiger partial charge in [-0.3, -0.25) is 0 Å². The van der Waals surface area contributed by atoms with E-state index < -0.39 is 0 Å². The minimum atomic E-state index is 0.786. The summed E-state index contributed by atoms with van der Waals surface area (Å²) in [5.74, 6) is 0. The Balaban J connectivity index is 2.53. The Morgan fingerprint density at radius 1 is 1.38 bits per heavy atom. The molecule has 0 aliphatic heterocycles. The molecule has 1 heterocycles. The van der Waals surface area contributed by atoms with Gasteiger partial charge >= 0.3 is 0 Å². The van der Waals surface area contributed by atoms with Crippen molar-refractivity contribution in [3.05, 3.63) is 42.2 Å². The number of rotatable bonds is 1. The molecule has 0 atom stereocenters. The van der Waals surface area contributed by atoms with Gasteiger partial charge in [-0.1, -0.05) is 0 Å². The molecule has 1 aromatic carbocycles. The Morgan fingerprint density at radius 2 is 2.23 bits per heavy atom. The number of hydrogen-bond acceptors (Lipinski definition) is 2. The summed E-state index contributed by atoms with van der Waals surface area (Å²) in [5, 5.41) is 4.15. The summed E-state index contributed by atoms with van der Waals surface area (Å²) in [6.45, 7) is 2.02. The zero-order valence-electron chi connectivity index (χ0n) is 7.44. The van der Waals surface area contributed by atoms with Crippen LogP contribution in [0.4, 0.5) is 5.69 Å². The number of nitrogens with two attached hydrogens (primary N) is 1. The standard InChI is InChI=1S/C10H11N3/c1-8-7-9(11)3-4-10(8)13-6-2-5-12-13/h2-7H,11H2,1H3. The molecular formula is C10H11N3. The number of hydrogen-bond donors (Lipinski definition) is 1. The van der Waals surface area contributed by atoms with E-state index in [0.717, 1.165) is 16.9 Å². The number of nitrogen functional groups attached to an aromatic ring is 1. The van der Waals surface area contributed by atoms with Gasteiger partial charge in [-0.15, -0.1) is 0 Å². The largest absolute Gasteiger partial charge is 0.399 e. The predicted octanol–water partition coefficient (Wildman–Crippen LogP) is 1.76. The highest BCUT2D eigenvalue weighted by atomic mass is 15.3. The van der Waals surface area contributed by atoms with Gasteiger partial charge in [0.15, 0.2) is 0 Å². The minimum Gasteiger partial charge on any atom is -0.399 e. The number of nitrogens with zero attached hydrogens (tertiary/aromatic N) is 2. The Labute approximate surface area is 76.8 Å². The number of anilines is 1. The maximum atomic E-state index is 5.65. The van der Waals surface area contributed by atoms with Crippen molar-refractivity contribution in [2.75, 3.05) is 5.73 Å². The van der Waals surface area contributed by atoms with Crippen LogP contribution in [-0.4, -0.2) is 9.78 Å².